The van der Waals surface area contributed by atoms with Gasteiger partial charge in [0.15, 0.2) is 5.69 Å². The first kappa shape index (κ1) is 14.9. The minimum absolute atomic E-state index is 0.0825. The Kier molecular flexibility index (Phi) is 3.79. The zero-order valence-electron chi connectivity index (χ0n) is 12.3. The normalized spacial score (nSPS) is 21.1. The van der Waals surface area contributed by atoms with Gasteiger partial charge in [0.05, 0.1) is 16.9 Å². The summed E-state index contributed by atoms with van der Waals surface area (Å²) in [6.07, 6.45) is 2.63. The minimum Gasteiger partial charge on any atom is -0.476 e. The fourth-order valence-electron chi connectivity index (χ4n) is 3.02. The maximum atomic E-state index is 11.0. The highest BCUT2D eigenvalue weighted by atomic mass is 35.5. The first-order chi connectivity index (χ1) is 10.5. The SMILES string of the molecule is CC1(c2ccccc2)CCN(c2cnc(C(=O)O)c(Cl)c2)C1. The van der Waals surface area contributed by atoms with Crippen LogP contribution in [0, 0.1) is 0 Å². The number of carboxylic acid groups (broad SMARTS) is 1. The third-order valence-electron chi connectivity index (χ3n) is 4.34. The number of aromatic nitrogens is 1. The number of anilines is 1. The van der Waals surface area contributed by atoms with E-state index in [-0.39, 0.29) is 16.1 Å². The highest BCUT2D eigenvalue weighted by Gasteiger charge is 2.35. The van der Waals surface area contributed by atoms with Gasteiger partial charge in [-0.15, -0.1) is 0 Å². The average molecular weight is 317 g/mol. The van der Waals surface area contributed by atoms with E-state index in [2.05, 4.69) is 41.1 Å². The molecule has 1 saturated heterocycles. The summed E-state index contributed by atoms with van der Waals surface area (Å²) >= 11 is 6.02. The molecule has 114 valence electrons. The lowest BCUT2D eigenvalue weighted by molar-refractivity contribution is 0.0691. The van der Waals surface area contributed by atoms with E-state index in [0.29, 0.717) is 0 Å². The van der Waals surface area contributed by atoms with Crippen LogP contribution in [0.4, 0.5) is 5.69 Å². The molecule has 0 radical (unpaired) electrons. The first-order valence-corrected chi connectivity index (χ1v) is 7.57. The summed E-state index contributed by atoms with van der Waals surface area (Å²) in [4.78, 5) is 17.2. The smallest absolute Gasteiger partial charge is 0.356 e. The van der Waals surface area contributed by atoms with Crippen LogP contribution in [0.5, 0.6) is 0 Å². The summed E-state index contributed by atoms with van der Waals surface area (Å²) in [6, 6.07) is 12.1. The number of benzene rings is 1. The Labute approximate surface area is 134 Å². The zero-order chi connectivity index (χ0) is 15.7. The molecule has 1 aromatic carbocycles. The quantitative estimate of drug-likeness (QED) is 0.940. The van der Waals surface area contributed by atoms with Crippen LogP contribution < -0.4 is 4.90 Å². The molecular weight excluding hydrogens is 300 g/mol. The van der Waals surface area contributed by atoms with Crippen molar-refractivity contribution in [2.75, 3.05) is 18.0 Å². The summed E-state index contributed by atoms with van der Waals surface area (Å²) in [7, 11) is 0. The third-order valence-corrected chi connectivity index (χ3v) is 4.63. The van der Waals surface area contributed by atoms with Crippen LogP contribution in [-0.2, 0) is 5.41 Å². The number of hydrogen-bond donors (Lipinski definition) is 1. The predicted molar refractivity (Wildman–Crippen MR) is 86.8 cm³/mol. The fraction of sp³-hybridized carbons (Fsp3) is 0.294. The Bertz CT molecular complexity index is 705. The lowest BCUT2D eigenvalue weighted by Crippen LogP contribution is -2.28. The highest BCUT2D eigenvalue weighted by molar-refractivity contribution is 6.33. The van der Waals surface area contributed by atoms with E-state index in [0.717, 1.165) is 25.2 Å². The second-order valence-electron chi connectivity index (χ2n) is 5.93. The molecule has 0 spiro atoms. The Balaban J connectivity index is 1.84. The molecule has 0 amide bonds. The molecule has 1 N–H and O–H groups in total. The van der Waals surface area contributed by atoms with Gasteiger partial charge in [0.25, 0.3) is 0 Å². The molecular formula is C17H17ClN2O2. The van der Waals surface area contributed by atoms with E-state index in [1.165, 1.54) is 5.56 Å². The Morgan fingerprint density at radius 1 is 1.36 bits per heavy atom. The van der Waals surface area contributed by atoms with E-state index < -0.39 is 5.97 Å². The van der Waals surface area contributed by atoms with Crippen molar-refractivity contribution in [3.63, 3.8) is 0 Å². The fourth-order valence-corrected chi connectivity index (χ4v) is 3.26. The molecule has 0 aliphatic carbocycles. The lowest BCUT2D eigenvalue weighted by atomic mass is 9.82. The van der Waals surface area contributed by atoms with Gasteiger partial charge in [0, 0.05) is 18.5 Å². The average Bonchev–Trinajstić information content (AvgIpc) is 2.91. The number of hydrogen-bond acceptors (Lipinski definition) is 3. The number of carbonyl (C=O) groups is 1. The van der Waals surface area contributed by atoms with Gasteiger partial charge in [-0.1, -0.05) is 48.9 Å². The summed E-state index contributed by atoms with van der Waals surface area (Å²) in [5.74, 6) is -1.10. The van der Waals surface area contributed by atoms with Crippen molar-refractivity contribution in [1.82, 2.24) is 4.98 Å². The van der Waals surface area contributed by atoms with Gasteiger partial charge >= 0.3 is 5.97 Å². The van der Waals surface area contributed by atoms with E-state index in [4.69, 9.17) is 16.7 Å². The Morgan fingerprint density at radius 2 is 2.09 bits per heavy atom. The number of rotatable bonds is 3. The Hall–Kier alpha value is -2.07. The molecule has 22 heavy (non-hydrogen) atoms. The van der Waals surface area contributed by atoms with Crippen molar-refractivity contribution in [3.05, 3.63) is 58.9 Å². The zero-order valence-corrected chi connectivity index (χ0v) is 13.0. The molecule has 2 heterocycles. The van der Waals surface area contributed by atoms with Crippen molar-refractivity contribution in [3.8, 4) is 0 Å². The van der Waals surface area contributed by atoms with E-state index in [1.807, 2.05) is 6.07 Å². The molecule has 1 atom stereocenters. The van der Waals surface area contributed by atoms with Gasteiger partial charge in [0.1, 0.15) is 0 Å². The molecule has 0 saturated carbocycles. The van der Waals surface area contributed by atoms with E-state index in [9.17, 15) is 4.79 Å². The maximum absolute atomic E-state index is 11.0. The monoisotopic (exact) mass is 316 g/mol. The number of pyridine rings is 1. The number of aromatic carboxylic acids is 1. The van der Waals surface area contributed by atoms with Gasteiger partial charge in [-0.05, 0) is 18.1 Å². The standard InChI is InChI=1S/C17H17ClN2O2/c1-17(12-5-3-2-4-6-12)7-8-20(11-17)13-9-14(18)15(16(21)22)19-10-13/h2-6,9-10H,7-8,11H2,1H3,(H,21,22). The van der Waals surface area contributed by atoms with Crippen LogP contribution in [0.3, 0.4) is 0 Å². The van der Waals surface area contributed by atoms with Crippen molar-refractivity contribution >= 4 is 23.3 Å². The molecule has 4 nitrogen and oxygen atoms in total. The maximum Gasteiger partial charge on any atom is 0.356 e. The van der Waals surface area contributed by atoms with Crippen molar-refractivity contribution in [1.29, 1.82) is 0 Å². The minimum atomic E-state index is -1.10. The molecule has 5 heteroatoms. The molecule has 1 aromatic heterocycles. The second-order valence-corrected chi connectivity index (χ2v) is 6.33. The van der Waals surface area contributed by atoms with Crippen LogP contribution in [0.2, 0.25) is 5.02 Å². The van der Waals surface area contributed by atoms with E-state index >= 15 is 0 Å². The molecule has 2 aromatic rings. The van der Waals surface area contributed by atoms with Crippen molar-refractivity contribution in [2.45, 2.75) is 18.8 Å². The summed E-state index contributed by atoms with van der Waals surface area (Å²) < 4.78 is 0. The van der Waals surface area contributed by atoms with Gasteiger partial charge in [0.2, 0.25) is 0 Å². The topological polar surface area (TPSA) is 53.4 Å². The second kappa shape index (κ2) is 5.61. The summed E-state index contributed by atoms with van der Waals surface area (Å²) in [5.41, 5.74) is 2.17. The molecule has 1 unspecified atom stereocenters. The van der Waals surface area contributed by atoms with Crippen molar-refractivity contribution in [2.24, 2.45) is 0 Å². The summed E-state index contributed by atoms with van der Waals surface area (Å²) in [5, 5.41) is 9.17. The molecule has 1 aliphatic heterocycles. The van der Waals surface area contributed by atoms with Crippen LogP contribution in [0.1, 0.15) is 29.4 Å². The van der Waals surface area contributed by atoms with E-state index in [1.54, 1.807) is 12.3 Å². The van der Waals surface area contributed by atoms with Crippen LogP contribution in [-0.4, -0.2) is 29.1 Å². The third kappa shape index (κ3) is 2.66. The number of nitrogens with zero attached hydrogens (tertiary/aromatic N) is 2. The Morgan fingerprint density at radius 3 is 2.73 bits per heavy atom. The highest BCUT2D eigenvalue weighted by Crippen LogP contribution is 2.36. The molecule has 0 bridgehead atoms. The number of halogens is 1. The predicted octanol–water partition coefficient (Wildman–Crippen LogP) is 3.60. The molecule has 3 rings (SSSR count). The van der Waals surface area contributed by atoms with Crippen LogP contribution in [0.15, 0.2) is 42.6 Å². The first-order valence-electron chi connectivity index (χ1n) is 7.19. The molecule has 1 aliphatic rings. The van der Waals surface area contributed by atoms with Crippen LogP contribution >= 0.6 is 11.6 Å². The van der Waals surface area contributed by atoms with Crippen LogP contribution in [0.25, 0.3) is 0 Å². The molecule has 1 fully saturated rings. The lowest BCUT2D eigenvalue weighted by Gasteiger charge is -2.26. The number of carboxylic acids is 1. The largest absolute Gasteiger partial charge is 0.476 e. The van der Waals surface area contributed by atoms with Gasteiger partial charge < -0.3 is 10.0 Å². The van der Waals surface area contributed by atoms with Gasteiger partial charge in [-0.3, -0.25) is 0 Å². The van der Waals surface area contributed by atoms with Gasteiger partial charge in [-0.25, -0.2) is 9.78 Å². The van der Waals surface area contributed by atoms with Crippen molar-refractivity contribution < 1.29 is 9.90 Å². The van der Waals surface area contributed by atoms with Gasteiger partial charge in [-0.2, -0.15) is 0 Å². The summed E-state index contributed by atoms with van der Waals surface area (Å²) in [6.45, 7) is 4.01.